The topological polar surface area (TPSA) is 53.4 Å². The first-order valence-corrected chi connectivity index (χ1v) is 5.12. The molecule has 1 N–H and O–H groups in total. The fourth-order valence-corrected chi connectivity index (χ4v) is 1.32. The van der Waals surface area contributed by atoms with Crippen molar-refractivity contribution in [1.29, 1.82) is 0 Å². The number of hydrogen-bond acceptors (Lipinski definition) is 2. The van der Waals surface area contributed by atoms with Crippen molar-refractivity contribution in [3.63, 3.8) is 0 Å². The van der Waals surface area contributed by atoms with Crippen molar-refractivity contribution < 1.29 is 14.3 Å². The molecule has 0 aromatic carbocycles. The molecule has 4 nitrogen and oxygen atoms in total. The summed E-state index contributed by atoms with van der Waals surface area (Å²) < 4.78 is 12.6. The number of rotatable bonds is 4. The van der Waals surface area contributed by atoms with Crippen LogP contribution in [-0.2, 0) is 0 Å². The minimum Gasteiger partial charge on any atom is -0.465 e. The van der Waals surface area contributed by atoms with Gasteiger partial charge in [0.05, 0.1) is 18.6 Å². The Balaban J connectivity index is 2.79. The number of anilines is 1. The minimum absolute atomic E-state index is 0.134. The van der Waals surface area contributed by atoms with E-state index in [2.05, 4.69) is 20.9 Å². The number of alkyl halides is 1. The van der Waals surface area contributed by atoms with Gasteiger partial charge in [-0.3, -0.25) is 9.29 Å². The van der Waals surface area contributed by atoms with Crippen LogP contribution in [-0.4, -0.2) is 29.4 Å². The molecule has 82 valence electrons. The van der Waals surface area contributed by atoms with Gasteiger partial charge in [0.2, 0.25) is 0 Å². The van der Waals surface area contributed by atoms with E-state index in [1.807, 2.05) is 0 Å². The van der Waals surface area contributed by atoms with Gasteiger partial charge < -0.3 is 5.11 Å². The molecule has 0 fully saturated rings. The highest BCUT2D eigenvalue weighted by Gasteiger charge is 2.13. The fraction of sp³-hybridized carbons (Fsp3) is 0.333. The average Bonchev–Trinajstić information content (AvgIpc) is 2.21. The van der Waals surface area contributed by atoms with Gasteiger partial charge in [0, 0.05) is 6.54 Å². The molecule has 0 saturated heterocycles. The Morgan fingerprint density at radius 1 is 1.60 bits per heavy atom. The number of carbonyl (C=O) groups is 1. The summed E-state index contributed by atoms with van der Waals surface area (Å²) in [4.78, 5) is 15.8. The lowest BCUT2D eigenvalue weighted by atomic mass is 10.3. The third-order valence-electron chi connectivity index (χ3n) is 1.77. The number of amides is 1. The van der Waals surface area contributed by atoms with Crippen LogP contribution in [0.25, 0.3) is 0 Å². The molecular formula is C9H10BrFN2O2. The lowest BCUT2D eigenvalue weighted by Gasteiger charge is -2.17. The Morgan fingerprint density at radius 3 is 2.80 bits per heavy atom. The first kappa shape index (κ1) is 11.9. The third kappa shape index (κ3) is 3.47. The molecule has 1 aromatic heterocycles. The summed E-state index contributed by atoms with van der Waals surface area (Å²) in [7, 11) is 0. The maximum Gasteiger partial charge on any atom is 0.411 e. The molecule has 15 heavy (non-hydrogen) atoms. The highest BCUT2D eigenvalue weighted by molar-refractivity contribution is 9.10. The van der Waals surface area contributed by atoms with Gasteiger partial charge in [-0.25, -0.2) is 9.78 Å². The van der Waals surface area contributed by atoms with Gasteiger partial charge in [-0.2, -0.15) is 0 Å². The van der Waals surface area contributed by atoms with Crippen LogP contribution in [0.4, 0.5) is 14.9 Å². The first-order valence-electron chi connectivity index (χ1n) is 4.33. The molecule has 0 aliphatic carbocycles. The van der Waals surface area contributed by atoms with Crippen molar-refractivity contribution >= 4 is 27.7 Å². The van der Waals surface area contributed by atoms with Crippen molar-refractivity contribution in [2.75, 3.05) is 18.1 Å². The molecule has 0 bridgehead atoms. The zero-order valence-corrected chi connectivity index (χ0v) is 9.45. The normalized spacial score (nSPS) is 10.0. The number of aromatic nitrogens is 1. The second kappa shape index (κ2) is 5.65. The van der Waals surface area contributed by atoms with E-state index in [-0.39, 0.29) is 13.0 Å². The van der Waals surface area contributed by atoms with E-state index < -0.39 is 12.8 Å². The van der Waals surface area contributed by atoms with Gasteiger partial charge in [-0.05, 0) is 34.5 Å². The van der Waals surface area contributed by atoms with E-state index in [1.165, 1.54) is 6.20 Å². The van der Waals surface area contributed by atoms with E-state index in [0.29, 0.717) is 10.3 Å². The Morgan fingerprint density at radius 2 is 2.33 bits per heavy atom. The first-order chi connectivity index (χ1) is 7.15. The van der Waals surface area contributed by atoms with Crippen LogP contribution in [0.5, 0.6) is 0 Å². The molecule has 0 atom stereocenters. The van der Waals surface area contributed by atoms with Crippen LogP contribution < -0.4 is 4.90 Å². The average molecular weight is 277 g/mol. The second-order valence-electron chi connectivity index (χ2n) is 2.82. The smallest absolute Gasteiger partial charge is 0.411 e. The molecule has 0 radical (unpaired) electrons. The molecule has 1 amide bonds. The highest BCUT2D eigenvalue weighted by Crippen LogP contribution is 2.16. The van der Waals surface area contributed by atoms with Crippen LogP contribution in [0.1, 0.15) is 6.42 Å². The summed E-state index contributed by atoms with van der Waals surface area (Å²) >= 11 is 3.15. The molecule has 1 rings (SSSR count). The highest BCUT2D eigenvalue weighted by atomic mass is 79.9. The van der Waals surface area contributed by atoms with E-state index in [1.54, 1.807) is 12.1 Å². The molecule has 0 spiro atoms. The van der Waals surface area contributed by atoms with Crippen molar-refractivity contribution in [2.24, 2.45) is 0 Å². The van der Waals surface area contributed by atoms with Crippen molar-refractivity contribution in [3.8, 4) is 0 Å². The monoisotopic (exact) mass is 276 g/mol. The molecule has 6 heteroatoms. The van der Waals surface area contributed by atoms with Gasteiger partial charge >= 0.3 is 6.09 Å². The maximum absolute atomic E-state index is 12.0. The number of carboxylic acid groups (broad SMARTS) is 1. The summed E-state index contributed by atoms with van der Waals surface area (Å²) in [5.74, 6) is 0. The minimum atomic E-state index is -1.10. The molecular weight excluding hydrogens is 267 g/mol. The fourth-order valence-electron chi connectivity index (χ4n) is 1.08. The van der Waals surface area contributed by atoms with Crippen molar-refractivity contribution in [3.05, 3.63) is 22.9 Å². The van der Waals surface area contributed by atoms with Crippen LogP contribution in [0.15, 0.2) is 22.9 Å². The molecule has 1 aromatic rings. The predicted octanol–water partition coefficient (Wildman–Crippen LogP) is 2.69. The van der Waals surface area contributed by atoms with Crippen LogP contribution in [0, 0.1) is 0 Å². The summed E-state index contributed by atoms with van der Waals surface area (Å²) in [5, 5.41) is 8.89. The number of halogens is 2. The van der Waals surface area contributed by atoms with Crippen molar-refractivity contribution in [1.82, 2.24) is 4.98 Å². The lowest BCUT2D eigenvalue weighted by Crippen LogP contribution is -2.30. The lowest BCUT2D eigenvalue weighted by molar-refractivity contribution is 0.201. The van der Waals surface area contributed by atoms with Gasteiger partial charge in [0.15, 0.2) is 0 Å². The largest absolute Gasteiger partial charge is 0.465 e. The zero-order valence-electron chi connectivity index (χ0n) is 7.86. The van der Waals surface area contributed by atoms with Gasteiger partial charge in [0.25, 0.3) is 0 Å². The number of hydrogen-bond donors (Lipinski definition) is 1. The van der Waals surface area contributed by atoms with Crippen LogP contribution in [0.3, 0.4) is 0 Å². The van der Waals surface area contributed by atoms with Crippen molar-refractivity contribution in [2.45, 2.75) is 6.42 Å². The Kier molecular flexibility index (Phi) is 4.48. The molecule has 0 saturated carbocycles. The van der Waals surface area contributed by atoms with Crippen LogP contribution >= 0.6 is 15.9 Å². The van der Waals surface area contributed by atoms with Gasteiger partial charge in [-0.1, -0.05) is 0 Å². The summed E-state index contributed by atoms with van der Waals surface area (Å²) in [6.45, 7) is -0.400. The standard InChI is InChI=1S/C9H10BrFN2O2/c10-8-3-2-7(6-12-8)13(9(14)15)5-1-4-11/h2-3,6H,1,4-5H2,(H,14,15). The van der Waals surface area contributed by atoms with E-state index in [9.17, 15) is 9.18 Å². The van der Waals surface area contributed by atoms with Gasteiger partial charge in [-0.15, -0.1) is 0 Å². The van der Waals surface area contributed by atoms with Gasteiger partial charge in [0.1, 0.15) is 4.60 Å². The molecule has 0 aliphatic heterocycles. The maximum atomic E-state index is 12.0. The summed E-state index contributed by atoms with van der Waals surface area (Å²) in [6.07, 6.45) is 0.506. The quantitative estimate of drug-likeness (QED) is 0.861. The second-order valence-corrected chi connectivity index (χ2v) is 3.63. The summed E-state index contributed by atoms with van der Waals surface area (Å²) in [5.41, 5.74) is 0.444. The SMILES string of the molecule is O=C(O)N(CCCF)c1ccc(Br)nc1. The third-order valence-corrected chi connectivity index (χ3v) is 2.24. The Labute approximate surface area is 94.9 Å². The molecule has 1 heterocycles. The van der Waals surface area contributed by atoms with E-state index in [4.69, 9.17) is 5.11 Å². The Bertz CT molecular complexity index is 331. The van der Waals surface area contributed by atoms with E-state index in [0.717, 1.165) is 4.90 Å². The zero-order chi connectivity index (χ0) is 11.3. The molecule has 0 unspecified atom stereocenters. The number of pyridine rings is 1. The number of nitrogens with zero attached hydrogens (tertiary/aromatic N) is 2. The predicted molar refractivity (Wildman–Crippen MR) is 57.9 cm³/mol. The molecule has 0 aliphatic rings. The van der Waals surface area contributed by atoms with E-state index >= 15 is 0 Å². The summed E-state index contributed by atoms with van der Waals surface area (Å²) in [6, 6.07) is 3.25. The van der Waals surface area contributed by atoms with Crippen LogP contribution in [0.2, 0.25) is 0 Å². The Hall–Kier alpha value is -1.17.